The Morgan fingerprint density at radius 2 is 1.55 bits per heavy atom. The van der Waals surface area contributed by atoms with Crippen LogP contribution in [0, 0.1) is 17.2 Å². The number of nitriles is 1. The average molecular weight is 443 g/mol. The van der Waals surface area contributed by atoms with Gasteiger partial charge in [0.2, 0.25) is 0 Å². The van der Waals surface area contributed by atoms with Gasteiger partial charge in [0.15, 0.2) is 0 Å². The number of piperidine rings is 1. The maximum Gasteiger partial charge on any atom is 0.120 e. The quantitative estimate of drug-likeness (QED) is 0.553. The van der Waals surface area contributed by atoms with Crippen LogP contribution in [0.15, 0.2) is 84.9 Å². The maximum absolute atomic E-state index is 12.0. The molecule has 5 nitrogen and oxygen atoms in total. The molecule has 0 aromatic heterocycles. The van der Waals surface area contributed by atoms with Crippen LogP contribution in [-0.2, 0) is 5.60 Å². The SMILES string of the molecule is N#Cc1cccc(OC[C@@H](O)CN2CCC(C(O)(c3ccccc3)c3ccccc3)CC2)c1. The van der Waals surface area contributed by atoms with E-state index in [0.29, 0.717) is 17.9 Å². The third-order valence-electron chi connectivity index (χ3n) is 6.48. The molecule has 1 atom stereocenters. The van der Waals surface area contributed by atoms with Crippen LogP contribution in [0.5, 0.6) is 5.75 Å². The maximum atomic E-state index is 12.0. The number of hydrogen-bond acceptors (Lipinski definition) is 5. The third kappa shape index (κ3) is 5.43. The van der Waals surface area contributed by atoms with Crippen molar-refractivity contribution in [1.29, 1.82) is 5.26 Å². The van der Waals surface area contributed by atoms with E-state index in [1.165, 1.54) is 0 Å². The summed E-state index contributed by atoms with van der Waals surface area (Å²) >= 11 is 0. The van der Waals surface area contributed by atoms with Gasteiger partial charge in [0.05, 0.1) is 11.6 Å². The fourth-order valence-corrected chi connectivity index (χ4v) is 4.75. The van der Waals surface area contributed by atoms with Crippen molar-refractivity contribution in [2.75, 3.05) is 26.2 Å². The van der Waals surface area contributed by atoms with E-state index in [-0.39, 0.29) is 12.5 Å². The van der Waals surface area contributed by atoms with Crippen LogP contribution in [0.2, 0.25) is 0 Å². The van der Waals surface area contributed by atoms with Gasteiger partial charge in [-0.25, -0.2) is 0 Å². The van der Waals surface area contributed by atoms with Crippen LogP contribution in [0.4, 0.5) is 0 Å². The highest BCUT2D eigenvalue weighted by atomic mass is 16.5. The van der Waals surface area contributed by atoms with Gasteiger partial charge >= 0.3 is 0 Å². The highest BCUT2D eigenvalue weighted by Gasteiger charge is 2.41. The number of nitrogens with zero attached hydrogens (tertiary/aromatic N) is 2. The van der Waals surface area contributed by atoms with Gasteiger partial charge in [-0.05, 0) is 61.2 Å². The predicted octanol–water partition coefficient (Wildman–Crippen LogP) is 3.95. The minimum Gasteiger partial charge on any atom is -0.491 e. The molecule has 3 aromatic carbocycles. The van der Waals surface area contributed by atoms with E-state index in [4.69, 9.17) is 10.00 Å². The number of hydrogen-bond donors (Lipinski definition) is 2. The molecule has 5 heteroatoms. The van der Waals surface area contributed by atoms with E-state index in [9.17, 15) is 10.2 Å². The zero-order chi connectivity index (χ0) is 23.1. The van der Waals surface area contributed by atoms with Crippen molar-refractivity contribution in [2.45, 2.75) is 24.5 Å². The molecule has 3 aromatic rings. The van der Waals surface area contributed by atoms with Gasteiger partial charge < -0.3 is 19.8 Å². The number of aliphatic hydroxyl groups is 2. The van der Waals surface area contributed by atoms with Crippen molar-refractivity contribution >= 4 is 0 Å². The van der Waals surface area contributed by atoms with Crippen molar-refractivity contribution in [3.05, 3.63) is 102 Å². The minimum absolute atomic E-state index is 0.0839. The molecular weight excluding hydrogens is 412 g/mol. The third-order valence-corrected chi connectivity index (χ3v) is 6.48. The molecular formula is C28H30N2O3. The Bertz CT molecular complexity index is 1020. The summed E-state index contributed by atoms with van der Waals surface area (Å²) in [6.45, 7) is 2.29. The fraction of sp³-hybridized carbons (Fsp3) is 0.321. The lowest BCUT2D eigenvalue weighted by atomic mass is 9.72. The summed E-state index contributed by atoms with van der Waals surface area (Å²) in [5.74, 6) is 0.670. The molecule has 33 heavy (non-hydrogen) atoms. The number of likely N-dealkylation sites (tertiary alicyclic amines) is 1. The minimum atomic E-state index is -1.04. The first-order chi connectivity index (χ1) is 16.1. The first-order valence-corrected chi connectivity index (χ1v) is 11.5. The van der Waals surface area contributed by atoms with E-state index in [1.807, 2.05) is 60.7 Å². The number of aliphatic hydroxyl groups excluding tert-OH is 1. The van der Waals surface area contributed by atoms with Gasteiger partial charge in [-0.2, -0.15) is 5.26 Å². The lowest BCUT2D eigenvalue weighted by molar-refractivity contribution is -0.0222. The summed E-state index contributed by atoms with van der Waals surface area (Å²) in [7, 11) is 0. The molecule has 0 saturated carbocycles. The van der Waals surface area contributed by atoms with Gasteiger partial charge in [0, 0.05) is 6.54 Å². The number of ether oxygens (including phenoxy) is 1. The van der Waals surface area contributed by atoms with E-state index in [0.717, 1.165) is 37.1 Å². The van der Waals surface area contributed by atoms with Gasteiger partial charge in [-0.15, -0.1) is 0 Å². The normalized spacial score (nSPS) is 16.2. The zero-order valence-electron chi connectivity index (χ0n) is 18.7. The average Bonchev–Trinajstić information content (AvgIpc) is 2.88. The van der Waals surface area contributed by atoms with Crippen molar-refractivity contribution in [1.82, 2.24) is 4.90 Å². The smallest absolute Gasteiger partial charge is 0.120 e. The Morgan fingerprint density at radius 1 is 0.939 bits per heavy atom. The van der Waals surface area contributed by atoms with Crippen molar-refractivity contribution in [3.63, 3.8) is 0 Å². The molecule has 170 valence electrons. The first kappa shape index (κ1) is 23.0. The van der Waals surface area contributed by atoms with Crippen LogP contribution >= 0.6 is 0 Å². The molecule has 0 unspecified atom stereocenters. The molecule has 1 saturated heterocycles. The van der Waals surface area contributed by atoms with Gasteiger partial charge in [-0.1, -0.05) is 66.7 Å². The van der Waals surface area contributed by atoms with Gasteiger partial charge in [-0.3, -0.25) is 0 Å². The Kier molecular flexibility index (Phi) is 7.41. The zero-order valence-corrected chi connectivity index (χ0v) is 18.7. The Balaban J connectivity index is 1.36. The highest BCUT2D eigenvalue weighted by molar-refractivity contribution is 5.37. The first-order valence-electron chi connectivity index (χ1n) is 11.5. The van der Waals surface area contributed by atoms with E-state index < -0.39 is 11.7 Å². The number of rotatable bonds is 8. The molecule has 0 aliphatic carbocycles. The van der Waals surface area contributed by atoms with Crippen LogP contribution in [-0.4, -0.2) is 47.5 Å². The molecule has 0 amide bonds. The summed E-state index contributed by atoms with van der Waals surface area (Å²) in [6.07, 6.45) is 1.03. The van der Waals surface area contributed by atoms with E-state index in [1.54, 1.807) is 24.3 Å². The molecule has 0 bridgehead atoms. The standard InChI is InChI=1S/C28H30N2O3/c29-19-22-8-7-13-27(18-22)33-21-26(31)20-30-16-14-25(15-17-30)28(32,23-9-3-1-4-10-23)24-11-5-2-6-12-24/h1-13,18,25-26,31-32H,14-17,20-21H2/t26-/m0/s1. The predicted molar refractivity (Wildman–Crippen MR) is 128 cm³/mol. The molecule has 0 spiro atoms. The Labute approximate surface area is 195 Å². The fourth-order valence-electron chi connectivity index (χ4n) is 4.75. The summed E-state index contributed by atoms with van der Waals surface area (Å²) in [5, 5.41) is 31.5. The molecule has 2 N–H and O–H groups in total. The summed E-state index contributed by atoms with van der Waals surface area (Å²) < 4.78 is 5.68. The Morgan fingerprint density at radius 3 is 2.12 bits per heavy atom. The second-order valence-electron chi connectivity index (χ2n) is 8.68. The van der Waals surface area contributed by atoms with Gasteiger partial charge in [0.25, 0.3) is 0 Å². The Hall–Kier alpha value is -3.17. The van der Waals surface area contributed by atoms with E-state index >= 15 is 0 Å². The lowest BCUT2D eigenvalue weighted by Crippen LogP contribution is -2.46. The molecule has 1 fully saturated rings. The van der Waals surface area contributed by atoms with Crippen LogP contribution in [0.25, 0.3) is 0 Å². The number of β-amino-alcohol motifs (C(OH)–C–C–N with tert-alkyl or cyclic N) is 1. The summed E-state index contributed by atoms with van der Waals surface area (Å²) in [6, 6.07) is 28.9. The monoisotopic (exact) mass is 442 g/mol. The largest absolute Gasteiger partial charge is 0.491 e. The molecule has 1 aliphatic rings. The topological polar surface area (TPSA) is 76.7 Å². The van der Waals surface area contributed by atoms with Crippen LogP contribution < -0.4 is 4.74 Å². The van der Waals surface area contributed by atoms with Crippen LogP contribution in [0.3, 0.4) is 0 Å². The second-order valence-corrected chi connectivity index (χ2v) is 8.68. The lowest BCUT2D eigenvalue weighted by Gasteiger charge is -2.42. The van der Waals surface area contributed by atoms with Crippen molar-refractivity contribution in [2.24, 2.45) is 5.92 Å². The van der Waals surface area contributed by atoms with Gasteiger partial charge in [0.1, 0.15) is 24.1 Å². The molecule has 0 radical (unpaired) electrons. The summed E-state index contributed by atoms with van der Waals surface area (Å²) in [4.78, 5) is 2.23. The summed E-state index contributed by atoms with van der Waals surface area (Å²) in [5.41, 5.74) is 1.33. The highest BCUT2D eigenvalue weighted by Crippen LogP contribution is 2.41. The van der Waals surface area contributed by atoms with E-state index in [2.05, 4.69) is 11.0 Å². The molecule has 1 heterocycles. The number of benzene rings is 3. The molecule has 4 rings (SSSR count). The second kappa shape index (κ2) is 10.6. The van der Waals surface area contributed by atoms with Crippen molar-refractivity contribution in [3.8, 4) is 11.8 Å². The van der Waals surface area contributed by atoms with Crippen molar-refractivity contribution < 1.29 is 14.9 Å². The van der Waals surface area contributed by atoms with Crippen LogP contribution in [0.1, 0.15) is 29.5 Å². The molecule has 1 aliphatic heterocycles.